The van der Waals surface area contributed by atoms with E-state index in [2.05, 4.69) is 20.4 Å². The zero-order valence-corrected chi connectivity index (χ0v) is 8.30. The molecule has 0 spiro atoms. The molecule has 2 nitrogen and oxygen atoms in total. The molecule has 1 heterocycles. The fourth-order valence-electron chi connectivity index (χ4n) is 1.31. The number of hydrogen-bond acceptors (Lipinski definition) is 2. The molecular formula is C8H16O2Si. The Hall–Kier alpha value is -0.123. The molecule has 0 bridgehead atoms. The smallest absolute Gasteiger partial charge is 0.338 e. The quantitative estimate of drug-likeness (QED) is 0.479. The van der Waals surface area contributed by atoms with Crippen LogP contribution in [0.25, 0.3) is 0 Å². The van der Waals surface area contributed by atoms with Crippen LogP contribution in [0.2, 0.25) is 12.1 Å². The lowest BCUT2D eigenvalue weighted by atomic mass is 10.4. The molecule has 1 atom stereocenters. The summed E-state index contributed by atoms with van der Waals surface area (Å²) in [4.78, 5) is 0. The Balaban J connectivity index is 2.54. The van der Waals surface area contributed by atoms with Crippen molar-refractivity contribution in [3.8, 4) is 0 Å². The molecule has 0 saturated carbocycles. The fourth-order valence-corrected chi connectivity index (χ4v) is 3.81. The molecule has 0 aromatic heterocycles. The predicted molar refractivity (Wildman–Crippen MR) is 47.7 cm³/mol. The third kappa shape index (κ3) is 1.72. The molecule has 0 amide bonds. The molecule has 0 aromatic rings. The summed E-state index contributed by atoms with van der Waals surface area (Å²) in [7, 11) is -1.74. The maximum atomic E-state index is 5.80. The van der Waals surface area contributed by atoms with Crippen LogP contribution in [0.3, 0.4) is 0 Å². The monoisotopic (exact) mass is 172 g/mol. The van der Waals surface area contributed by atoms with Crippen molar-refractivity contribution >= 4 is 8.56 Å². The molecule has 1 saturated heterocycles. The van der Waals surface area contributed by atoms with Gasteiger partial charge in [0.2, 0.25) is 0 Å². The first kappa shape index (κ1) is 8.97. The summed E-state index contributed by atoms with van der Waals surface area (Å²) in [5.41, 5.74) is 0. The minimum absolute atomic E-state index is 0.154. The van der Waals surface area contributed by atoms with E-state index in [1.165, 1.54) is 0 Å². The largest absolute Gasteiger partial charge is 0.391 e. The molecule has 0 radical (unpaired) electrons. The molecule has 1 unspecified atom stereocenters. The standard InChI is InChI=1S/C8H16O2Si/c1-4-8-7-9-11(5-2,6-3)10-8/h4,8H,1,5-7H2,2-3H3. The van der Waals surface area contributed by atoms with Crippen LogP contribution in [0.4, 0.5) is 0 Å². The van der Waals surface area contributed by atoms with Crippen LogP contribution in [0.5, 0.6) is 0 Å². The predicted octanol–water partition coefficient (Wildman–Crippen LogP) is 2.07. The van der Waals surface area contributed by atoms with E-state index in [-0.39, 0.29) is 6.10 Å². The average molecular weight is 172 g/mol. The highest BCUT2D eigenvalue weighted by molar-refractivity contribution is 6.67. The van der Waals surface area contributed by atoms with Crippen LogP contribution in [0, 0.1) is 0 Å². The van der Waals surface area contributed by atoms with Gasteiger partial charge in [0, 0.05) is 0 Å². The molecule has 0 aromatic carbocycles. The lowest BCUT2D eigenvalue weighted by Crippen LogP contribution is -2.35. The van der Waals surface area contributed by atoms with E-state index in [1.54, 1.807) is 0 Å². The van der Waals surface area contributed by atoms with Crippen molar-refractivity contribution < 1.29 is 8.85 Å². The van der Waals surface area contributed by atoms with Crippen LogP contribution < -0.4 is 0 Å². The summed E-state index contributed by atoms with van der Waals surface area (Å²) < 4.78 is 11.5. The van der Waals surface area contributed by atoms with Gasteiger partial charge < -0.3 is 8.85 Å². The number of hydrogen-bond donors (Lipinski definition) is 0. The lowest BCUT2D eigenvalue weighted by molar-refractivity contribution is 0.280. The van der Waals surface area contributed by atoms with E-state index < -0.39 is 8.56 Å². The SMILES string of the molecule is C=CC1CO[Si](CC)(CC)O1. The van der Waals surface area contributed by atoms with Gasteiger partial charge in [-0.15, -0.1) is 6.58 Å². The Bertz CT molecular complexity index is 143. The summed E-state index contributed by atoms with van der Waals surface area (Å²) in [6, 6.07) is 2.10. The van der Waals surface area contributed by atoms with Gasteiger partial charge in [-0.3, -0.25) is 0 Å². The molecular weight excluding hydrogens is 156 g/mol. The van der Waals surface area contributed by atoms with Crippen molar-refractivity contribution in [3.63, 3.8) is 0 Å². The molecule has 1 fully saturated rings. The van der Waals surface area contributed by atoms with Crippen molar-refractivity contribution in [2.24, 2.45) is 0 Å². The normalized spacial score (nSPS) is 28.7. The molecule has 0 aliphatic carbocycles. The second kappa shape index (κ2) is 3.52. The molecule has 0 N–H and O–H groups in total. The topological polar surface area (TPSA) is 18.5 Å². The molecule has 1 aliphatic heterocycles. The van der Waals surface area contributed by atoms with E-state index >= 15 is 0 Å². The van der Waals surface area contributed by atoms with Crippen molar-refractivity contribution in [1.29, 1.82) is 0 Å². The van der Waals surface area contributed by atoms with Gasteiger partial charge in [-0.2, -0.15) is 0 Å². The van der Waals surface area contributed by atoms with Crippen LogP contribution in [-0.2, 0) is 8.85 Å². The summed E-state index contributed by atoms with van der Waals surface area (Å²) in [6.07, 6.45) is 1.99. The van der Waals surface area contributed by atoms with Crippen LogP contribution in [0.1, 0.15) is 13.8 Å². The van der Waals surface area contributed by atoms with E-state index in [0.29, 0.717) is 0 Å². The Morgan fingerprint density at radius 1 is 1.55 bits per heavy atom. The van der Waals surface area contributed by atoms with Crippen LogP contribution in [0.15, 0.2) is 12.7 Å². The minimum atomic E-state index is -1.74. The Morgan fingerprint density at radius 3 is 2.45 bits per heavy atom. The van der Waals surface area contributed by atoms with Gasteiger partial charge in [-0.1, -0.05) is 19.9 Å². The Morgan fingerprint density at radius 2 is 2.18 bits per heavy atom. The molecule has 3 heteroatoms. The maximum Gasteiger partial charge on any atom is 0.338 e. The first-order valence-electron chi connectivity index (χ1n) is 4.20. The van der Waals surface area contributed by atoms with Gasteiger partial charge in [-0.25, -0.2) is 0 Å². The van der Waals surface area contributed by atoms with Crippen molar-refractivity contribution in [2.45, 2.75) is 32.0 Å². The summed E-state index contributed by atoms with van der Waals surface area (Å²) in [6.45, 7) is 8.69. The summed E-state index contributed by atoms with van der Waals surface area (Å²) >= 11 is 0. The van der Waals surface area contributed by atoms with Crippen LogP contribution >= 0.6 is 0 Å². The highest BCUT2D eigenvalue weighted by Crippen LogP contribution is 2.26. The van der Waals surface area contributed by atoms with Gasteiger partial charge in [0.05, 0.1) is 12.7 Å². The molecule has 1 rings (SSSR count). The lowest BCUT2D eigenvalue weighted by Gasteiger charge is -2.20. The van der Waals surface area contributed by atoms with Gasteiger partial charge in [-0.05, 0) is 12.1 Å². The minimum Gasteiger partial charge on any atom is -0.391 e. The van der Waals surface area contributed by atoms with E-state index in [9.17, 15) is 0 Å². The van der Waals surface area contributed by atoms with Crippen LogP contribution in [-0.4, -0.2) is 21.3 Å². The highest BCUT2D eigenvalue weighted by atomic mass is 28.4. The average Bonchev–Trinajstić information content (AvgIpc) is 2.49. The second-order valence-corrected chi connectivity index (χ2v) is 6.58. The van der Waals surface area contributed by atoms with Gasteiger partial charge in [0.15, 0.2) is 0 Å². The molecule has 11 heavy (non-hydrogen) atoms. The first-order chi connectivity index (χ1) is 5.26. The highest BCUT2D eigenvalue weighted by Gasteiger charge is 2.41. The fraction of sp³-hybridized carbons (Fsp3) is 0.750. The maximum absolute atomic E-state index is 5.80. The zero-order chi connectivity index (χ0) is 8.32. The summed E-state index contributed by atoms with van der Waals surface area (Å²) in [5.74, 6) is 0. The molecule has 1 aliphatic rings. The van der Waals surface area contributed by atoms with Gasteiger partial charge in [0.25, 0.3) is 0 Å². The van der Waals surface area contributed by atoms with E-state index in [4.69, 9.17) is 8.85 Å². The summed E-state index contributed by atoms with van der Waals surface area (Å²) in [5, 5.41) is 0. The number of rotatable bonds is 3. The van der Waals surface area contributed by atoms with E-state index in [0.717, 1.165) is 18.7 Å². The second-order valence-electron chi connectivity index (χ2n) is 2.82. The van der Waals surface area contributed by atoms with Gasteiger partial charge >= 0.3 is 8.56 Å². The first-order valence-corrected chi connectivity index (χ1v) is 6.43. The van der Waals surface area contributed by atoms with Crippen molar-refractivity contribution in [2.75, 3.05) is 6.61 Å². The Labute approximate surface area is 69.5 Å². The Kier molecular flexibility index (Phi) is 2.87. The zero-order valence-electron chi connectivity index (χ0n) is 7.30. The third-order valence-electron chi connectivity index (χ3n) is 2.22. The third-order valence-corrected chi connectivity index (χ3v) is 5.80. The van der Waals surface area contributed by atoms with Crippen molar-refractivity contribution in [3.05, 3.63) is 12.7 Å². The van der Waals surface area contributed by atoms with Crippen molar-refractivity contribution in [1.82, 2.24) is 0 Å². The molecule has 64 valence electrons. The van der Waals surface area contributed by atoms with Gasteiger partial charge in [0.1, 0.15) is 0 Å². The van der Waals surface area contributed by atoms with E-state index in [1.807, 2.05) is 6.08 Å².